The summed E-state index contributed by atoms with van der Waals surface area (Å²) >= 11 is 0. The zero-order valence-corrected chi connectivity index (χ0v) is 12.8. The molecule has 1 aliphatic heterocycles. The zero-order chi connectivity index (χ0) is 16.4. The normalized spacial score (nSPS) is 26.2. The maximum atomic E-state index is 12.2. The van der Waals surface area contributed by atoms with Gasteiger partial charge in [-0.25, -0.2) is 0 Å². The molecule has 2 aliphatic carbocycles. The number of imide groups is 1. The van der Waals surface area contributed by atoms with Crippen LogP contribution in [0.1, 0.15) is 32.1 Å². The van der Waals surface area contributed by atoms with Gasteiger partial charge >= 0.3 is 5.97 Å². The molecule has 0 aromatic heterocycles. The molecule has 3 aliphatic rings. The minimum atomic E-state index is -0.579. The van der Waals surface area contributed by atoms with E-state index in [4.69, 9.17) is 4.74 Å². The SMILES string of the molecule is O=C(COC(=O)CCN1C(=O)[C@H]2CC=CC[C@H]2C1=O)NC1CC1. The summed E-state index contributed by atoms with van der Waals surface area (Å²) in [6.07, 6.45) is 6.85. The number of rotatable bonds is 6. The molecule has 1 N–H and O–H groups in total. The lowest BCUT2D eigenvalue weighted by Crippen LogP contribution is -2.34. The third-order valence-corrected chi connectivity index (χ3v) is 4.45. The maximum Gasteiger partial charge on any atom is 0.308 e. The molecule has 0 radical (unpaired) electrons. The van der Waals surface area contributed by atoms with Crippen LogP contribution in [0.5, 0.6) is 0 Å². The fraction of sp³-hybridized carbons (Fsp3) is 0.625. The Labute approximate surface area is 134 Å². The molecular weight excluding hydrogens is 300 g/mol. The molecule has 1 saturated carbocycles. The van der Waals surface area contributed by atoms with Crippen molar-refractivity contribution in [1.29, 1.82) is 0 Å². The molecule has 0 spiro atoms. The standard InChI is InChI=1S/C16H20N2O5/c19-13(17-10-5-6-10)9-23-14(20)7-8-18-15(21)11-3-1-2-4-12(11)16(18)22/h1-2,10-12H,3-9H2,(H,17,19)/t11-,12+. The number of esters is 1. The van der Waals surface area contributed by atoms with Crippen molar-refractivity contribution in [2.24, 2.45) is 11.8 Å². The van der Waals surface area contributed by atoms with Crippen molar-refractivity contribution in [3.8, 4) is 0 Å². The first-order valence-corrected chi connectivity index (χ1v) is 8.01. The first-order chi connectivity index (χ1) is 11.1. The molecule has 23 heavy (non-hydrogen) atoms. The van der Waals surface area contributed by atoms with Gasteiger partial charge in [-0.2, -0.15) is 0 Å². The van der Waals surface area contributed by atoms with Crippen molar-refractivity contribution >= 4 is 23.7 Å². The van der Waals surface area contributed by atoms with Crippen LogP contribution in [0.2, 0.25) is 0 Å². The van der Waals surface area contributed by atoms with E-state index in [1.165, 1.54) is 0 Å². The smallest absolute Gasteiger partial charge is 0.308 e. The summed E-state index contributed by atoms with van der Waals surface area (Å²) in [6, 6.07) is 0.220. The second kappa shape index (κ2) is 6.52. The number of ether oxygens (including phenoxy) is 1. The number of fused-ring (bicyclic) bond motifs is 1. The highest BCUT2D eigenvalue weighted by Gasteiger charge is 2.46. The number of amides is 3. The van der Waals surface area contributed by atoms with Gasteiger partial charge in [0.2, 0.25) is 11.8 Å². The summed E-state index contributed by atoms with van der Waals surface area (Å²) in [4.78, 5) is 48.7. The van der Waals surface area contributed by atoms with Crippen LogP contribution in [0.4, 0.5) is 0 Å². The van der Waals surface area contributed by atoms with E-state index in [9.17, 15) is 19.2 Å². The van der Waals surface area contributed by atoms with Crippen LogP contribution >= 0.6 is 0 Å². The van der Waals surface area contributed by atoms with E-state index in [1.807, 2.05) is 12.2 Å². The Balaban J connectivity index is 1.42. The van der Waals surface area contributed by atoms with Gasteiger partial charge in [0.1, 0.15) is 0 Å². The van der Waals surface area contributed by atoms with Gasteiger partial charge in [0, 0.05) is 12.6 Å². The number of nitrogens with one attached hydrogen (secondary N) is 1. The molecule has 0 bridgehead atoms. The van der Waals surface area contributed by atoms with Gasteiger partial charge in [-0.1, -0.05) is 12.2 Å². The third-order valence-electron chi connectivity index (χ3n) is 4.45. The van der Waals surface area contributed by atoms with Crippen LogP contribution in [0.25, 0.3) is 0 Å². The topological polar surface area (TPSA) is 92.8 Å². The summed E-state index contributed by atoms with van der Waals surface area (Å²) < 4.78 is 4.87. The number of nitrogens with zero attached hydrogens (tertiary/aromatic N) is 1. The van der Waals surface area contributed by atoms with Crippen LogP contribution < -0.4 is 5.32 Å². The van der Waals surface area contributed by atoms with Crippen LogP contribution in [-0.4, -0.2) is 47.8 Å². The van der Waals surface area contributed by atoms with Crippen molar-refractivity contribution in [3.05, 3.63) is 12.2 Å². The molecule has 0 aromatic carbocycles. The number of allylic oxidation sites excluding steroid dienone is 2. The lowest BCUT2D eigenvalue weighted by Gasteiger charge is -2.14. The molecule has 7 nitrogen and oxygen atoms in total. The highest BCUT2D eigenvalue weighted by atomic mass is 16.5. The quantitative estimate of drug-likeness (QED) is 0.427. The van der Waals surface area contributed by atoms with Crippen molar-refractivity contribution in [3.63, 3.8) is 0 Å². The monoisotopic (exact) mass is 320 g/mol. The van der Waals surface area contributed by atoms with Crippen molar-refractivity contribution in [1.82, 2.24) is 10.2 Å². The van der Waals surface area contributed by atoms with Gasteiger partial charge in [-0.15, -0.1) is 0 Å². The minimum absolute atomic E-state index is 0.0216. The third kappa shape index (κ3) is 3.60. The fourth-order valence-electron chi connectivity index (χ4n) is 3.01. The van der Waals surface area contributed by atoms with E-state index >= 15 is 0 Å². The molecular formula is C16H20N2O5. The average molecular weight is 320 g/mol. The highest BCUT2D eigenvalue weighted by molar-refractivity contribution is 6.05. The summed E-state index contributed by atoms with van der Waals surface area (Å²) in [7, 11) is 0. The largest absolute Gasteiger partial charge is 0.456 e. The number of hydrogen-bond acceptors (Lipinski definition) is 5. The zero-order valence-electron chi connectivity index (χ0n) is 12.8. The van der Waals surface area contributed by atoms with Crippen LogP contribution in [0.15, 0.2) is 12.2 Å². The Morgan fingerprint density at radius 2 is 1.74 bits per heavy atom. The van der Waals surface area contributed by atoms with Crippen molar-refractivity contribution < 1.29 is 23.9 Å². The number of carbonyl (C=O) groups is 4. The highest BCUT2D eigenvalue weighted by Crippen LogP contribution is 2.34. The fourth-order valence-corrected chi connectivity index (χ4v) is 3.01. The maximum absolute atomic E-state index is 12.2. The van der Waals surface area contributed by atoms with E-state index in [0.29, 0.717) is 12.8 Å². The summed E-state index contributed by atoms with van der Waals surface area (Å²) in [5.41, 5.74) is 0. The summed E-state index contributed by atoms with van der Waals surface area (Å²) in [6.45, 7) is -0.292. The first kappa shape index (κ1) is 15.7. The van der Waals surface area contributed by atoms with Crippen molar-refractivity contribution in [2.75, 3.05) is 13.2 Å². The Morgan fingerprint density at radius 1 is 1.13 bits per heavy atom. The number of hydrogen-bond donors (Lipinski definition) is 1. The molecule has 7 heteroatoms. The predicted molar refractivity (Wildman–Crippen MR) is 78.8 cm³/mol. The molecule has 1 saturated heterocycles. The van der Waals surface area contributed by atoms with Crippen LogP contribution in [0, 0.1) is 11.8 Å². The molecule has 124 valence electrons. The molecule has 0 unspecified atom stereocenters. The summed E-state index contributed by atoms with van der Waals surface area (Å²) in [5.74, 6) is -1.87. The molecule has 2 fully saturated rings. The van der Waals surface area contributed by atoms with Crippen LogP contribution in [-0.2, 0) is 23.9 Å². The van der Waals surface area contributed by atoms with E-state index < -0.39 is 5.97 Å². The number of carbonyl (C=O) groups excluding carboxylic acids is 4. The Kier molecular flexibility index (Phi) is 4.45. The Bertz CT molecular complexity index is 541. The van der Waals surface area contributed by atoms with Gasteiger partial charge in [-0.3, -0.25) is 24.1 Å². The van der Waals surface area contributed by atoms with E-state index in [1.54, 1.807) is 0 Å². The molecule has 3 amide bonds. The minimum Gasteiger partial charge on any atom is -0.456 e. The van der Waals surface area contributed by atoms with E-state index in [2.05, 4.69) is 5.32 Å². The van der Waals surface area contributed by atoms with Crippen LogP contribution in [0.3, 0.4) is 0 Å². The summed E-state index contributed by atoms with van der Waals surface area (Å²) in [5, 5.41) is 2.71. The van der Waals surface area contributed by atoms with Gasteiger partial charge in [0.15, 0.2) is 6.61 Å². The molecule has 0 aromatic rings. The van der Waals surface area contributed by atoms with Gasteiger partial charge in [0.05, 0.1) is 18.3 Å². The second-order valence-electron chi connectivity index (χ2n) is 6.24. The Hall–Kier alpha value is -2.18. The number of likely N-dealkylation sites (tertiary alicyclic amines) is 1. The first-order valence-electron chi connectivity index (χ1n) is 8.01. The van der Waals surface area contributed by atoms with Gasteiger partial charge in [0.25, 0.3) is 5.91 Å². The van der Waals surface area contributed by atoms with E-state index in [-0.39, 0.29) is 55.2 Å². The lowest BCUT2D eigenvalue weighted by molar-refractivity contribution is -0.150. The van der Waals surface area contributed by atoms with Gasteiger partial charge < -0.3 is 10.1 Å². The second-order valence-corrected chi connectivity index (χ2v) is 6.24. The Morgan fingerprint density at radius 3 is 2.30 bits per heavy atom. The van der Waals surface area contributed by atoms with Gasteiger partial charge in [-0.05, 0) is 25.7 Å². The molecule has 1 heterocycles. The van der Waals surface area contributed by atoms with E-state index in [0.717, 1.165) is 17.7 Å². The lowest BCUT2D eigenvalue weighted by atomic mass is 9.85. The van der Waals surface area contributed by atoms with Crippen molar-refractivity contribution in [2.45, 2.75) is 38.1 Å². The average Bonchev–Trinajstić information content (AvgIpc) is 3.32. The molecule has 3 rings (SSSR count). The predicted octanol–water partition coefficient (Wildman–Crippen LogP) is 0.150. The molecule has 2 atom stereocenters.